The third kappa shape index (κ3) is 2.92. The van der Waals surface area contributed by atoms with Gasteiger partial charge in [0.2, 0.25) is 0 Å². The maximum atomic E-state index is 12.0. The normalized spacial score (nSPS) is 10.3. The summed E-state index contributed by atoms with van der Waals surface area (Å²) < 4.78 is -0.0250. The molecule has 1 amide bonds. The van der Waals surface area contributed by atoms with Crippen LogP contribution in [0.1, 0.15) is 15.2 Å². The molecule has 1 aromatic heterocycles. The van der Waals surface area contributed by atoms with E-state index in [1.165, 1.54) is 0 Å². The van der Waals surface area contributed by atoms with E-state index < -0.39 is 10.8 Å². The third-order valence-electron chi connectivity index (χ3n) is 2.61. The van der Waals surface area contributed by atoms with Crippen molar-refractivity contribution in [2.24, 2.45) is 0 Å². The Morgan fingerprint density at radius 1 is 1.40 bits per heavy atom. The maximum absolute atomic E-state index is 12.0. The molecule has 0 fully saturated rings. The summed E-state index contributed by atoms with van der Waals surface area (Å²) in [6.45, 7) is 1.77. The smallest absolute Gasteiger partial charge is 0.299 e. The molecule has 1 N–H and O–H groups in total. The van der Waals surface area contributed by atoms with Crippen molar-refractivity contribution >= 4 is 51.8 Å². The number of halogens is 2. The Morgan fingerprint density at radius 3 is 2.70 bits per heavy atom. The molecule has 0 radical (unpaired) electrons. The molecule has 2 aromatic rings. The highest BCUT2D eigenvalue weighted by atomic mass is 35.5. The fourth-order valence-corrected chi connectivity index (χ4v) is 2.82. The number of nitrogens with zero attached hydrogens (tertiary/aromatic N) is 1. The van der Waals surface area contributed by atoms with Crippen molar-refractivity contribution < 1.29 is 9.72 Å². The monoisotopic (exact) mass is 330 g/mol. The molecular weight excluding hydrogens is 323 g/mol. The van der Waals surface area contributed by atoms with Crippen molar-refractivity contribution in [1.82, 2.24) is 0 Å². The first kappa shape index (κ1) is 14.8. The number of rotatable bonds is 3. The molecule has 0 saturated heterocycles. The van der Waals surface area contributed by atoms with Gasteiger partial charge in [-0.3, -0.25) is 14.9 Å². The van der Waals surface area contributed by atoms with Crippen molar-refractivity contribution in [3.8, 4) is 0 Å². The van der Waals surface area contributed by atoms with Gasteiger partial charge in [-0.05, 0) is 24.6 Å². The van der Waals surface area contributed by atoms with Crippen LogP contribution in [0.25, 0.3) is 0 Å². The summed E-state index contributed by atoms with van der Waals surface area (Å²) >= 11 is 12.5. The van der Waals surface area contributed by atoms with Crippen LogP contribution in [-0.4, -0.2) is 10.8 Å². The predicted molar refractivity (Wildman–Crippen MR) is 80.1 cm³/mol. The second-order valence-corrected chi connectivity index (χ2v) is 5.95. The van der Waals surface area contributed by atoms with Gasteiger partial charge in [0, 0.05) is 16.8 Å². The quantitative estimate of drug-likeness (QED) is 0.664. The van der Waals surface area contributed by atoms with Gasteiger partial charge in [-0.15, -0.1) is 11.3 Å². The van der Waals surface area contributed by atoms with E-state index in [0.717, 1.165) is 23.0 Å². The Hall–Kier alpha value is -1.63. The summed E-state index contributed by atoms with van der Waals surface area (Å²) in [6, 6.07) is 6.26. The number of nitrogens with one attached hydrogen (secondary N) is 1. The standard InChI is InChI=1S/C12H8Cl2N2O3S/c1-6-7(13)3-2-4-8(6)15-12(17)10-5-9(16(18)19)11(14)20-10/h2-5H,1H3,(H,15,17). The molecule has 0 unspecified atom stereocenters. The summed E-state index contributed by atoms with van der Waals surface area (Å²) in [7, 11) is 0. The van der Waals surface area contributed by atoms with Gasteiger partial charge < -0.3 is 5.32 Å². The van der Waals surface area contributed by atoms with E-state index in [9.17, 15) is 14.9 Å². The summed E-state index contributed by atoms with van der Waals surface area (Å²) in [6.07, 6.45) is 0. The zero-order valence-corrected chi connectivity index (χ0v) is 12.5. The molecule has 2 rings (SSSR count). The zero-order chi connectivity index (χ0) is 14.9. The largest absolute Gasteiger partial charge is 0.321 e. The lowest BCUT2D eigenvalue weighted by Gasteiger charge is -2.08. The van der Waals surface area contributed by atoms with E-state index in [4.69, 9.17) is 23.2 Å². The average molecular weight is 331 g/mol. The minimum Gasteiger partial charge on any atom is -0.321 e. The Bertz CT molecular complexity index is 700. The summed E-state index contributed by atoms with van der Waals surface area (Å²) in [5.74, 6) is -0.463. The lowest BCUT2D eigenvalue weighted by molar-refractivity contribution is -0.384. The van der Waals surface area contributed by atoms with Gasteiger partial charge >= 0.3 is 0 Å². The van der Waals surface area contributed by atoms with Gasteiger partial charge in [-0.2, -0.15) is 0 Å². The first-order valence-electron chi connectivity index (χ1n) is 5.40. The molecule has 1 heterocycles. The number of hydrogen-bond acceptors (Lipinski definition) is 4. The molecule has 1 aromatic carbocycles. The maximum Gasteiger partial charge on any atom is 0.299 e. The molecular formula is C12H8Cl2N2O3S. The number of nitro groups is 1. The summed E-state index contributed by atoms with van der Waals surface area (Å²) in [5.41, 5.74) is 0.999. The number of hydrogen-bond donors (Lipinski definition) is 1. The van der Waals surface area contributed by atoms with Crippen LogP contribution in [0.3, 0.4) is 0 Å². The van der Waals surface area contributed by atoms with Gasteiger partial charge in [0.05, 0.1) is 4.92 Å². The van der Waals surface area contributed by atoms with Gasteiger partial charge in [-0.25, -0.2) is 0 Å². The topological polar surface area (TPSA) is 72.2 Å². The number of carbonyl (C=O) groups excluding carboxylic acids is 1. The fraction of sp³-hybridized carbons (Fsp3) is 0.0833. The molecule has 0 aliphatic carbocycles. The minimum absolute atomic E-state index is 0.0250. The molecule has 0 bridgehead atoms. The molecule has 104 valence electrons. The first-order chi connectivity index (χ1) is 9.40. The van der Waals surface area contributed by atoms with Gasteiger partial charge in [0.15, 0.2) is 4.34 Å². The molecule has 0 atom stereocenters. The highest BCUT2D eigenvalue weighted by Gasteiger charge is 2.21. The molecule has 0 aliphatic heterocycles. The van der Waals surface area contributed by atoms with Crippen LogP contribution in [0, 0.1) is 17.0 Å². The van der Waals surface area contributed by atoms with Crippen LogP contribution in [0.4, 0.5) is 11.4 Å². The van der Waals surface area contributed by atoms with Gasteiger partial charge in [0.25, 0.3) is 11.6 Å². The lowest BCUT2D eigenvalue weighted by Crippen LogP contribution is -2.11. The van der Waals surface area contributed by atoms with E-state index >= 15 is 0 Å². The average Bonchev–Trinajstić information content (AvgIpc) is 2.77. The van der Waals surface area contributed by atoms with E-state index in [1.807, 2.05) is 0 Å². The summed E-state index contributed by atoms with van der Waals surface area (Å²) in [4.78, 5) is 22.3. The fourth-order valence-electron chi connectivity index (χ4n) is 1.52. The van der Waals surface area contributed by atoms with Crippen LogP contribution < -0.4 is 5.32 Å². The van der Waals surface area contributed by atoms with Crippen molar-refractivity contribution in [3.63, 3.8) is 0 Å². The third-order valence-corrected chi connectivity index (χ3v) is 4.35. The van der Waals surface area contributed by atoms with Crippen LogP contribution in [0.15, 0.2) is 24.3 Å². The van der Waals surface area contributed by atoms with Gasteiger partial charge in [0.1, 0.15) is 4.88 Å². The van der Waals surface area contributed by atoms with Crippen molar-refractivity contribution in [2.75, 3.05) is 5.32 Å². The number of thiophene rings is 1. The number of amides is 1. The van der Waals surface area contributed by atoms with Crippen LogP contribution in [0.5, 0.6) is 0 Å². The minimum atomic E-state index is -0.625. The van der Waals surface area contributed by atoms with E-state index in [-0.39, 0.29) is 14.9 Å². The highest BCUT2D eigenvalue weighted by molar-refractivity contribution is 7.18. The number of anilines is 1. The molecule has 8 heteroatoms. The Labute approximate surface area is 128 Å². The second-order valence-electron chi connectivity index (χ2n) is 3.89. The highest BCUT2D eigenvalue weighted by Crippen LogP contribution is 2.34. The molecule has 5 nitrogen and oxygen atoms in total. The Balaban J connectivity index is 2.26. The van der Waals surface area contributed by atoms with Crippen LogP contribution in [0.2, 0.25) is 9.36 Å². The van der Waals surface area contributed by atoms with Crippen LogP contribution >= 0.6 is 34.5 Å². The van der Waals surface area contributed by atoms with Crippen LogP contribution in [-0.2, 0) is 0 Å². The molecule has 0 aliphatic rings. The summed E-state index contributed by atoms with van der Waals surface area (Å²) in [5, 5.41) is 13.9. The first-order valence-corrected chi connectivity index (χ1v) is 6.97. The Morgan fingerprint density at radius 2 is 2.10 bits per heavy atom. The van der Waals surface area contributed by atoms with Crippen molar-refractivity contribution in [2.45, 2.75) is 6.92 Å². The van der Waals surface area contributed by atoms with E-state index in [0.29, 0.717) is 10.7 Å². The SMILES string of the molecule is Cc1c(Cl)cccc1NC(=O)c1cc([N+](=O)[O-])c(Cl)s1. The Kier molecular flexibility index (Phi) is 4.27. The number of benzene rings is 1. The zero-order valence-electron chi connectivity index (χ0n) is 10.1. The van der Waals surface area contributed by atoms with Crippen molar-refractivity contribution in [3.05, 3.63) is 54.2 Å². The molecule has 0 saturated carbocycles. The molecule has 0 spiro atoms. The lowest BCUT2D eigenvalue weighted by atomic mass is 10.2. The molecule has 20 heavy (non-hydrogen) atoms. The van der Waals surface area contributed by atoms with Crippen molar-refractivity contribution in [1.29, 1.82) is 0 Å². The van der Waals surface area contributed by atoms with E-state index in [2.05, 4.69) is 5.32 Å². The predicted octanol–water partition coefficient (Wildman–Crippen LogP) is 4.52. The van der Waals surface area contributed by atoms with E-state index in [1.54, 1.807) is 25.1 Å². The van der Waals surface area contributed by atoms with Gasteiger partial charge in [-0.1, -0.05) is 29.3 Å². The number of carbonyl (C=O) groups is 1. The second kappa shape index (κ2) is 5.78.